The van der Waals surface area contributed by atoms with Gasteiger partial charge >= 0.3 is 36.4 Å². The second-order valence-corrected chi connectivity index (χ2v) is 6.60. The minimum Gasteiger partial charge on any atom is -0.380 e. The molecule has 3 nitrogen and oxygen atoms in total. The first-order chi connectivity index (χ1) is 13.0. The number of halogens is 14. The van der Waals surface area contributed by atoms with Gasteiger partial charge in [-0.2, -0.15) is 61.5 Å². The maximum absolute atomic E-state index is 13.3. The SMILES string of the molecule is FC(F)(F)CC(F)(F)C(F)(F)OCC1(COC(F)(F)C(F)(F)CC(F)(F)F)COC1. The average Bonchev–Trinajstić information content (AvgIpc) is 2.39. The number of alkyl halides is 14. The monoisotopic (exact) mass is 482 g/mol. The summed E-state index contributed by atoms with van der Waals surface area (Å²) in [4.78, 5) is 0. The van der Waals surface area contributed by atoms with Gasteiger partial charge in [0.15, 0.2) is 0 Å². The first-order valence-electron chi connectivity index (χ1n) is 7.54. The molecule has 1 heterocycles. The third kappa shape index (κ3) is 6.96. The van der Waals surface area contributed by atoms with Crippen LogP contribution in [0.3, 0.4) is 0 Å². The molecule has 1 aliphatic heterocycles. The summed E-state index contributed by atoms with van der Waals surface area (Å²) < 4.78 is 189. The van der Waals surface area contributed by atoms with E-state index in [0.717, 1.165) is 0 Å². The van der Waals surface area contributed by atoms with E-state index in [4.69, 9.17) is 0 Å². The van der Waals surface area contributed by atoms with Gasteiger partial charge in [0.05, 0.1) is 31.8 Å². The van der Waals surface area contributed by atoms with E-state index in [1.165, 1.54) is 0 Å². The predicted octanol–water partition coefficient (Wildman–Crippen LogP) is 5.40. The molecule has 180 valence electrons. The van der Waals surface area contributed by atoms with E-state index in [9.17, 15) is 61.5 Å². The molecule has 0 aromatic carbocycles. The van der Waals surface area contributed by atoms with Crippen molar-refractivity contribution in [3.05, 3.63) is 0 Å². The molecular formula is C13H12F14O3. The van der Waals surface area contributed by atoms with Crippen molar-refractivity contribution >= 4 is 0 Å². The summed E-state index contributed by atoms with van der Waals surface area (Å²) in [5.74, 6) is -11.6. The first kappa shape index (κ1) is 26.9. The Labute approximate surface area is 158 Å². The third-order valence-corrected chi connectivity index (χ3v) is 3.63. The van der Waals surface area contributed by atoms with Crippen molar-refractivity contribution < 1.29 is 75.7 Å². The van der Waals surface area contributed by atoms with Crippen LogP contribution in [0, 0.1) is 5.41 Å². The lowest BCUT2D eigenvalue weighted by Crippen LogP contribution is -2.56. The van der Waals surface area contributed by atoms with Gasteiger partial charge in [-0.15, -0.1) is 0 Å². The highest BCUT2D eigenvalue weighted by Crippen LogP contribution is 2.46. The standard InChI is InChI=1S/C13H12F14O3/c14-8(15,1-10(18,19)20)12(24,25)29-5-7(3-28-4-7)6-30-13(26,27)9(16,17)2-11(21,22)23/h1-6H2. The van der Waals surface area contributed by atoms with E-state index in [2.05, 4.69) is 14.2 Å². The van der Waals surface area contributed by atoms with E-state index < -0.39 is 81.1 Å². The predicted molar refractivity (Wildman–Crippen MR) is 66.3 cm³/mol. The largest absolute Gasteiger partial charge is 0.419 e. The Kier molecular flexibility index (Phi) is 7.28. The van der Waals surface area contributed by atoms with E-state index in [-0.39, 0.29) is 0 Å². The maximum atomic E-state index is 13.3. The Morgan fingerprint density at radius 3 is 1.07 bits per heavy atom. The molecule has 30 heavy (non-hydrogen) atoms. The maximum Gasteiger partial charge on any atom is 0.419 e. The molecule has 0 atom stereocenters. The number of ether oxygens (including phenoxy) is 3. The molecule has 1 fully saturated rings. The number of hydrogen-bond donors (Lipinski definition) is 0. The highest BCUT2D eigenvalue weighted by molar-refractivity contribution is 4.89. The Bertz CT molecular complexity index is 533. The highest BCUT2D eigenvalue weighted by Gasteiger charge is 2.65. The van der Waals surface area contributed by atoms with Crippen molar-refractivity contribution in [1.29, 1.82) is 0 Å². The van der Waals surface area contributed by atoms with E-state index in [1.807, 2.05) is 0 Å². The lowest BCUT2D eigenvalue weighted by Gasteiger charge is -2.43. The van der Waals surface area contributed by atoms with Crippen molar-refractivity contribution in [3.8, 4) is 0 Å². The molecule has 1 saturated heterocycles. The summed E-state index contributed by atoms with van der Waals surface area (Å²) in [6, 6.07) is 0. The second-order valence-electron chi connectivity index (χ2n) is 6.60. The Morgan fingerprint density at radius 1 is 0.567 bits per heavy atom. The van der Waals surface area contributed by atoms with Crippen LogP contribution in [0.4, 0.5) is 61.5 Å². The van der Waals surface area contributed by atoms with Gasteiger partial charge in [-0.3, -0.25) is 0 Å². The van der Waals surface area contributed by atoms with Crippen molar-refractivity contribution in [3.63, 3.8) is 0 Å². The summed E-state index contributed by atoms with van der Waals surface area (Å²) in [7, 11) is 0. The fraction of sp³-hybridized carbons (Fsp3) is 1.00. The molecular weight excluding hydrogens is 470 g/mol. The molecule has 0 spiro atoms. The number of rotatable bonds is 10. The van der Waals surface area contributed by atoms with Crippen molar-refractivity contribution in [2.75, 3.05) is 26.4 Å². The van der Waals surface area contributed by atoms with Gasteiger partial charge in [0.2, 0.25) is 0 Å². The van der Waals surface area contributed by atoms with Crippen LogP contribution < -0.4 is 0 Å². The molecule has 0 aliphatic carbocycles. The van der Waals surface area contributed by atoms with Crippen molar-refractivity contribution in [1.82, 2.24) is 0 Å². The van der Waals surface area contributed by atoms with E-state index in [0.29, 0.717) is 0 Å². The number of hydrogen-bond acceptors (Lipinski definition) is 3. The van der Waals surface area contributed by atoms with Gasteiger partial charge in [-0.05, 0) is 0 Å². The smallest absolute Gasteiger partial charge is 0.380 e. The van der Waals surface area contributed by atoms with Gasteiger partial charge < -0.3 is 14.2 Å². The van der Waals surface area contributed by atoms with Crippen LogP contribution in [-0.4, -0.2) is 62.8 Å². The van der Waals surface area contributed by atoms with Gasteiger partial charge in [0.25, 0.3) is 0 Å². The quantitative estimate of drug-likeness (QED) is 0.391. The second kappa shape index (κ2) is 8.11. The molecule has 0 radical (unpaired) electrons. The Balaban J connectivity index is 2.80. The van der Waals surface area contributed by atoms with Gasteiger partial charge in [-0.25, -0.2) is 0 Å². The van der Waals surface area contributed by atoms with Crippen LogP contribution in [0.25, 0.3) is 0 Å². The van der Waals surface area contributed by atoms with Crippen molar-refractivity contribution in [2.24, 2.45) is 5.41 Å². The molecule has 0 bridgehead atoms. The minimum atomic E-state index is -5.78. The third-order valence-electron chi connectivity index (χ3n) is 3.63. The average molecular weight is 482 g/mol. The molecule has 0 amide bonds. The zero-order valence-electron chi connectivity index (χ0n) is 14.3. The molecule has 0 aromatic heterocycles. The topological polar surface area (TPSA) is 27.7 Å². The molecule has 1 rings (SSSR count). The molecule has 17 heteroatoms. The van der Waals surface area contributed by atoms with Crippen LogP contribution >= 0.6 is 0 Å². The lowest BCUT2D eigenvalue weighted by molar-refractivity contribution is -0.394. The molecule has 0 unspecified atom stereocenters. The molecule has 0 saturated carbocycles. The summed E-state index contributed by atoms with van der Waals surface area (Å²) in [6.07, 6.45) is -29.6. The van der Waals surface area contributed by atoms with Crippen molar-refractivity contribution in [2.45, 2.75) is 49.3 Å². The van der Waals surface area contributed by atoms with E-state index in [1.54, 1.807) is 0 Å². The van der Waals surface area contributed by atoms with Gasteiger partial charge in [0.1, 0.15) is 12.8 Å². The van der Waals surface area contributed by atoms with E-state index >= 15 is 0 Å². The van der Waals surface area contributed by atoms with Crippen LogP contribution in [-0.2, 0) is 14.2 Å². The summed E-state index contributed by atoms with van der Waals surface area (Å²) in [5.41, 5.74) is -2.23. The first-order valence-corrected chi connectivity index (χ1v) is 7.54. The van der Waals surface area contributed by atoms with Gasteiger partial charge in [-0.1, -0.05) is 0 Å². The minimum absolute atomic E-state index is 0.880. The fourth-order valence-corrected chi connectivity index (χ4v) is 2.01. The molecule has 0 aromatic rings. The molecule has 1 aliphatic rings. The normalized spacial score (nSPS) is 19.0. The Morgan fingerprint density at radius 2 is 0.867 bits per heavy atom. The van der Waals surface area contributed by atoms with Crippen LogP contribution in [0.5, 0.6) is 0 Å². The molecule has 0 N–H and O–H groups in total. The zero-order chi connectivity index (χ0) is 23.9. The summed E-state index contributed by atoms with van der Waals surface area (Å²) >= 11 is 0. The summed E-state index contributed by atoms with van der Waals surface area (Å²) in [6.45, 7) is -5.19. The highest BCUT2D eigenvalue weighted by atomic mass is 19.4. The fourth-order valence-electron chi connectivity index (χ4n) is 2.01. The van der Waals surface area contributed by atoms with Crippen LogP contribution in [0.2, 0.25) is 0 Å². The lowest BCUT2D eigenvalue weighted by atomic mass is 9.88. The van der Waals surface area contributed by atoms with Gasteiger partial charge in [0, 0.05) is 0 Å². The van der Waals surface area contributed by atoms with Crippen LogP contribution in [0.1, 0.15) is 12.8 Å². The Hall–Kier alpha value is -1.10. The zero-order valence-corrected chi connectivity index (χ0v) is 14.3. The summed E-state index contributed by atoms with van der Waals surface area (Å²) in [5, 5.41) is 0. The van der Waals surface area contributed by atoms with Crippen LogP contribution in [0.15, 0.2) is 0 Å².